The van der Waals surface area contributed by atoms with Gasteiger partial charge in [0.1, 0.15) is 5.75 Å². The standard InChI is InChI=1S/C25H25N7O2/c1-14-10-11-19(12-15(14)2)32-24(34)22(16(3)31-32)30-29-21-9-5-8-20(23(21)33)17-6-4-7-18(13-17)28-25(26)27/h4-13,29,33H,1-3H3,(H4,26,27,28)/b30-22-. The van der Waals surface area contributed by atoms with E-state index in [0.717, 1.165) is 16.7 Å². The van der Waals surface area contributed by atoms with Crippen molar-refractivity contribution in [1.82, 2.24) is 0 Å². The third kappa shape index (κ3) is 4.44. The van der Waals surface area contributed by atoms with Gasteiger partial charge in [-0.1, -0.05) is 30.3 Å². The molecular formula is C25H25N7O2. The lowest BCUT2D eigenvalue weighted by atomic mass is 10.0. The summed E-state index contributed by atoms with van der Waals surface area (Å²) in [6.07, 6.45) is 0. The van der Waals surface area contributed by atoms with Gasteiger partial charge in [-0.3, -0.25) is 15.6 Å². The van der Waals surface area contributed by atoms with Crippen LogP contribution in [-0.4, -0.2) is 28.4 Å². The summed E-state index contributed by atoms with van der Waals surface area (Å²) in [4.78, 5) is 13.0. The van der Waals surface area contributed by atoms with Gasteiger partial charge in [0.05, 0.1) is 17.1 Å². The van der Waals surface area contributed by atoms with Crippen LogP contribution < -0.4 is 21.5 Å². The summed E-state index contributed by atoms with van der Waals surface area (Å²) in [5, 5.41) is 30.9. The predicted octanol–water partition coefficient (Wildman–Crippen LogP) is 4.17. The number of nitrogens with one attached hydrogen (secondary N) is 3. The van der Waals surface area contributed by atoms with Gasteiger partial charge in [-0.15, -0.1) is 0 Å². The number of phenols is 1. The van der Waals surface area contributed by atoms with Crippen molar-refractivity contribution >= 4 is 40.4 Å². The van der Waals surface area contributed by atoms with Gasteiger partial charge >= 0.3 is 5.91 Å². The molecule has 1 aliphatic heterocycles. The van der Waals surface area contributed by atoms with Gasteiger partial charge in [0.2, 0.25) is 0 Å². The fraction of sp³-hybridized carbons (Fsp3) is 0.120. The molecule has 0 saturated heterocycles. The molecule has 6 N–H and O–H groups in total. The van der Waals surface area contributed by atoms with E-state index in [0.29, 0.717) is 28.3 Å². The summed E-state index contributed by atoms with van der Waals surface area (Å²) in [5.74, 6) is -0.564. The zero-order chi connectivity index (χ0) is 24.4. The lowest BCUT2D eigenvalue weighted by Gasteiger charge is -2.13. The third-order valence-electron chi connectivity index (χ3n) is 5.50. The smallest absolute Gasteiger partial charge is 0.301 e. The van der Waals surface area contributed by atoms with Crippen LogP contribution in [0.3, 0.4) is 0 Å². The number of rotatable bonds is 5. The lowest BCUT2D eigenvalue weighted by Crippen LogP contribution is -2.28. The van der Waals surface area contributed by atoms with Gasteiger partial charge in [0.15, 0.2) is 11.7 Å². The second-order valence-corrected chi connectivity index (χ2v) is 7.96. The number of carbonyl (C=O) groups is 1. The molecule has 3 aromatic rings. The van der Waals surface area contributed by atoms with Crippen LogP contribution >= 0.6 is 0 Å². The summed E-state index contributed by atoms with van der Waals surface area (Å²) < 4.78 is 0. The van der Waals surface area contributed by atoms with Crippen LogP contribution in [0.25, 0.3) is 11.1 Å². The van der Waals surface area contributed by atoms with Crippen LogP contribution in [0.1, 0.15) is 18.1 Å². The molecule has 0 radical (unpaired) electrons. The van der Waals surface area contributed by atoms with Crippen molar-refractivity contribution in [3.05, 3.63) is 71.8 Å². The Bertz CT molecular complexity index is 1360. The Morgan fingerprint density at radius 3 is 2.56 bits per heavy atom. The van der Waals surface area contributed by atoms with Crippen molar-refractivity contribution in [2.45, 2.75) is 20.8 Å². The van der Waals surface area contributed by atoms with E-state index in [9.17, 15) is 9.90 Å². The average molecular weight is 456 g/mol. The van der Waals surface area contributed by atoms with E-state index in [1.54, 1.807) is 43.3 Å². The molecule has 9 nitrogen and oxygen atoms in total. The second-order valence-electron chi connectivity index (χ2n) is 7.96. The van der Waals surface area contributed by atoms with Crippen molar-refractivity contribution in [3.63, 3.8) is 0 Å². The van der Waals surface area contributed by atoms with E-state index in [1.807, 2.05) is 38.1 Å². The SMILES string of the molecule is CC1=NN(c2ccc(C)c(C)c2)C(=O)/C1=N\Nc1cccc(-c2cccc(NC(=N)N)c2)c1O. The third-order valence-corrected chi connectivity index (χ3v) is 5.50. The first-order chi connectivity index (χ1) is 16.2. The number of hydrogen-bond donors (Lipinski definition) is 5. The number of aromatic hydroxyl groups is 1. The maximum atomic E-state index is 13.0. The molecule has 3 aromatic carbocycles. The molecule has 34 heavy (non-hydrogen) atoms. The monoisotopic (exact) mass is 455 g/mol. The molecule has 0 aliphatic carbocycles. The van der Waals surface area contributed by atoms with Crippen LogP contribution in [0.15, 0.2) is 70.9 Å². The maximum absolute atomic E-state index is 13.0. The van der Waals surface area contributed by atoms with Crippen LogP contribution in [-0.2, 0) is 4.79 Å². The minimum atomic E-state index is -0.355. The number of para-hydroxylation sites is 1. The van der Waals surface area contributed by atoms with Gasteiger partial charge in [0, 0.05) is 11.3 Å². The molecular weight excluding hydrogens is 430 g/mol. The van der Waals surface area contributed by atoms with Gasteiger partial charge < -0.3 is 16.2 Å². The first-order valence-corrected chi connectivity index (χ1v) is 10.6. The van der Waals surface area contributed by atoms with Gasteiger partial charge in [-0.05, 0) is 67.8 Å². The second kappa shape index (κ2) is 9.07. The minimum absolute atomic E-state index is 0.0297. The number of phenolic OH excluding ortho intramolecular Hbond substituents is 1. The fourth-order valence-electron chi connectivity index (χ4n) is 3.56. The van der Waals surface area contributed by atoms with E-state index in [4.69, 9.17) is 11.1 Å². The topological polar surface area (TPSA) is 139 Å². The highest BCUT2D eigenvalue weighted by Crippen LogP contribution is 2.36. The van der Waals surface area contributed by atoms with Gasteiger partial charge in [0.25, 0.3) is 0 Å². The summed E-state index contributed by atoms with van der Waals surface area (Å²) >= 11 is 0. The van der Waals surface area contributed by atoms with Crippen molar-refractivity contribution in [1.29, 1.82) is 5.41 Å². The molecule has 0 atom stereocenters. The Morgan fingerprint density at radius 1 is 1.06 bits per heavy atom. The largest absolute Gasteiger partial charge is 0.505 e. The maximum Gasteiger partial charge on any atom is 0.301 e. The number of hydrazone groups is 2. The summed E-state index contributed by atoms with van der Waals surface area (Å²) in [5.41, 5.74) is 13.9. The summed E-state index contributed by atoms with van der Waals surface area (Å²) in [7, 11) is 0. The number of aryl methyl sites for hydroxylation is 2. The Balaban J connectivity index is 1.59. The first-order valence-electron chi connectivity index (χ1n) is 10.6. The molecule has 9 heteroatoms. The van der Waals surface area contributed by atoms with Crippen LogP contribution in [0.4, 0.5) is 17.1 Å². The van der Waals surface area contributed by atoms with E-state index >= 15 is 0 Å². The molecule has 0 spiro atoms. The van der Waals surface area contributed by atoms with Crippen LogP contribution in [0.5, 0.6) is 5.75 Å². The van der Waals surface area contributed by atoms with E-state index in [2.05, 4.69) is 20.9 Å². The fourth-order valence-corrected chi connectivity index (χ4v) is 3.56. The molecule has 172 valence electrons. The Kier molecular flexibility index (Phi) is 6.01. The molecule has 0 bridgehead atoms. The van der Waals surface area contributed by atoms with E-state index in [-0.39, 0.29) is 23.3 Å². The number of nitrogens with zero attached hydrogens (tertiary/aromatic N) is 3. The molecule has 0 fully saturated rings. The van der Waals surface area contributed by atoms with Crippen LogP contribution in [0, 0.1) is 19.3 Å². The Morgan fingerprint density at radius 2 is 1.82 bits per heavy atom. The molecule has 4 rings (SSSR count). The van der Waals surface area contributed by atoms with Crippen molar-refractivity contribution < 1.29 is 9.90 Å². The highest BCUT2D eigenvalue weighted by Gasteiger charge is 2.31. The predicted molar refractivity (Wildman–Crippen MR) is 137 cm³/mol. The van der Waals surface area contributed by atoms with E-state index in [1.165, 1.54) is 5.01 Å². The summed E-state index contributed by atoms with van der Waals surface area (Å²) in [6, 6.07) is 18.0. The zero-order valence-electron chi connectivity index (χ0n) is 19.0. The molecule has 1 amide bonds. The molecule has 0 aromatic heterocycles. The highest BCUT2D eigenvalue weighted by atomic mass is 16.3. The molecule has 1 aliphatic rings. The normalized spacial score (nSPS) is 14.3. The number of nitrogens with two attached hydrogens (primary N) is 1. The number of hydrogen-bond acceptors (Lipinski definition) is 6. The minimum Gasteiger partial charge on any atom is -0.505 e. The van der Waals surface area contributed by atoms with Crippen molar-refractivity contribution in [2.24, 2.45) is 15.9 Å². The highest BCUT2D eigenvalue weighted by molar-refractivity contribution is 6.71. The molecule has 0 unspecified atom stereocenters. The number of carbonyl (C=O) groups excluding carboxylic acids is 1. The lowest BCUT2D eigenvalue weighted by molar-refractivity contribution is -0.112. The molecule has 1 heterocycles. The van der Waals surface area contributed by atoms with Crippen molar-refractivity contribution in [2.75, 3.05) is 15.8 Å². The van der Waals surface area contributed by atoms with Gasteiger partial charge in [-0.2, -0.15) is 15.2 Å². The first kappa shape index (κ1) is 22.5. The Labute approximate surface area is 197 Å². The van der Waals surface area contributed by atoms with Crippen molar-refractivity contribution in [3.8, 4) is 16.9 Å². The van der Waals surface area contributed by atoms with Gasteiger partial charge in [-0.25, -0.2) is 0 Å². The summed E-state index contributed by atoms with van der Waals surface area (Å²) in [6.45, 7) is 5.70. The average Bonchev–Trinajstić information content (AvgIpc) is 3.08. The number of anilines is 3. The number of benzene rings is 3. The van der Waals surface area contributed by atoms with E-state index < -0.39 is 0 Å². The van der Waals surface area contributed by atoms with Crippen LogP contribution in [0.2, 0.25) is 0 Å². The molecule has 0 saturated carbocycles. The number of guanidine groups is 1. The zero-order valence-corrected chi connectivity index (χ0v) is 19.0. The Hall–Kier alpha value is -4.66. The quantitative estimate of drug-likeness (QED) is 0.170. The number of amides is 1.